The second-order valence-electron chi connectivity index (χ2n) is 5.78. The molecule has 0 saturated heterocycles. The third kappa shape index (κ3) is 6.74. The van der Waals surface area contributed by atoms with Crippen LogP contribution in [-0.2, 0) is 13.0 Å². The number of methoxy groups -OCH3 is 2. The predicted molar refractivity (Wildman–Crippen MR) is 118 cm³/mol. The highest BCUT2D eigenvalue weighted by Gasteiger charge is 2.05. The summed E-state index contributed by atoms with van der Waals surface area (Å²) >= 11 is 0. The van der Waals surface area contributed by atoms with Crippen molar-refractivity contribution in [3.63, 3.8) is 0 Å². The molecular weight excluding hydrogens is 441 g/mol. The summed E-state index contributed by atoms with van der Waals surface area (Å²) in [7, 11) is 5.07. The molecule has 0 aliphatic carbocycles. The molecule has 0 heterocycles. The monoisotopic (exact) mass is 469 g/mol. The molecule has 0 saturated carbocycles. The largest absolute Gasteiger partial charge is 0.493 e. The average molecular weight is 469 g/mol. The Morgan fingerprint density at radius 1 is 0.923 bits per heavy atom. The number of halogens is 1. The van der Waals surface area contributed by atoms with Crippen molar-refractivity contribution in [1.82, 2.24) is 10.6 Å². The number of aliphatic imine (C=N–C) groups is 1. The van der Waals surface area contributed by atoms with Gasteiger partial charge in [0.25, 0.3) is 0 Å². The molecule has 0 fully saturated rings. The number of nitrogens with zero attached hydrogens (tertiary/aromatic N) is 1. The van der Waals surface area contributed by atoms with Crippen molar-refractivity contribution in [3.8, 4) is 11.5 Å². The lowest BCUT2D eigenvalue weighted by molar-refractivity contribution is 0.354. The van der Waals surface area contributed by atoms with Gasteiger partial charge >= 0.3 is 0 Å². The molecule has 0 spiro atoms. The minimum Gasteiger partial charge on any atom is -0.493 e. The summed E-state index contributed by atoms with van der Waals surface area (Å²) in [4.78, 5) is 4.26. The molecule has 26 heavy (non-hydrogen) atoms. The number of hydrogen-bond acceptors (Lipinski definition) is 3. The highest BCUT2D eigenvalue weighted by atomic mass is 127. The zero-order chi connectivity index (χ0) is 18.1. The Hall–Kier alpha value is -1.96. The van der Waals surface area contributed by atoms with Crippen LogP contribution in [0.3, 0.4) is 0 Å². The quantitative estimate of drug-likeness (QED) is 0.370. The SMILES string of the molecule is CN=C(NCCc1ccc(OC)c(OC)c1)NCc1ccc(C)cc1.I. The van der Waals surface area contributed by atoms with Crippen LogP contribution in [-0.4, -0.2) is 33.8 Å². The van der Waals surface area contributed by atoms with E-state index in [2.05, 4.69) is 46.8 Å². The Labute approximate surface area is 173 Å². The number of rotatable bonds is 7. The van der Waals surface area contributed by atoms with Crippen LogP contribution < -0.4 is 20.1 Å². The number of benzene rings is 2. The van der Waals surface area contributed by atoms with Gasteiger partial charge in [0.1, 0.15) is 0 Å². The van der Waals surface area contributed by atoms with Gasteiger partial charge in [-0.1, -0.05) is 35.9 Å². The first kappa shape index (κ1) is 22.1. The zero-order valence-electron chi connectivity index (χ0n) is 15.8. The molecule has 0 radical (unpaired) electrons. The van der Waals surface area contributed by atoms with Gasteiger partial charge < -0.3 is 20.1 Å². The minimum atomic E-state index is 0. The summed E-state index contributed by atoms with van der Waals surface area (Å²) in [5, 5.41) is 6.66. The lowest BCUT2D eigenvalue weighted by Crippen LogP contribution is -2.37. The topological polar surface area (TPSA) is 54.9 Å². The second-order valence-corrected chi connectivity index (χ2v) is 5.78. The van der Waals surface area contributed by atoms with Crippen molar-refractivity contribution >= 4 is 29.9 Å². The van der Waals surface area contributed by atoms with Crippen molar-refractivity contribution in [2.24, 2.45) is 4.99 Å². The smallest absolute Gasteiger partial charge is 0.191 e. The van der Waals surface area contributed by atoms with Gasteiger partial charge in [-0.2, -0.15) is 0 Å². The summed E-state index contributed by atoms with van der Waals surface area (Å²) < 4.78 is 10.6. The van der Waals surface area contributed by atoms with Gasteiger partial charge in [-0.3, -0.25) is 4.99 Å². The Balaban J connectivity index is 0.00000338. The van der Waals surface area contributed by atoms with Crippen LogP contribution in [0.5, 0.6) is 11.5 Å². The van der Waals surface area contributed by atoms with Crippen molar-refractivity contribution in [3.05, 3.63) is 59.2 Å². The van der Waals surface area contributed by atoms with Gasteiger partial charge in [-0.25, -0.2) is 0 Å². The molecule has 0 aliphatic rings. The fourth-order valence-electron chi connectivity index (χ4n) is 2.47. The van der Waals surface area contributed by atoms with Crippen molar-refractivity contribution < 1.29 is 9.47 Å². The van der Waals surface area contributed by atoms with Gasteiger partial charge in [0, 0.05) is 20.1 Å². The van der Waals surface area contributed by atoms with Crippen LogP contribution in [0.15, 0.2) is 47.5 Å². The summed E-state index contributed by atoms with van der Waals surface area (Å²) in [5.41, 5.74) is 3.67. The first-order valence-electron chi connectivity index (χ1n) is 8.37. The van der Waals surface area contributed by atoms with Gasteiger partial charge in [0.15, 0.2) is 17.5 Å². The van der Waals surface area contributed by atoms with E-state index in [1.165, 1.54) is 16.7 Å². The molecule has 2 N–H and O–H groups in total. The Morgan fingerprint density at radius 2 is 1.58 bits per heavy atom. The van der Waals surface area contributed by atoms with Crippen molar-refractivity contribution in [2.45, 2.75) is 19.9 Å². The van der Waals surface area contributed by atoms with E-state index < -0.39 is 0 Å². The molecule has 0 aromatic heterocycles. The number of aryl methyl sites for hydroxylation is 1. The van der Waals surface area contributed by atoms with Crippen LogP contribution in [0, 0.1) is 6.92 Å². The van der Waals surface area contributed by atoms with E-state index in [0.717, 1.165) is 37.0 Å². The van der Waals surface area contributed by atoms with Crippen LogP contribution >= 0.6 is 24.0 Å². The summed E-state index contributed by atoms with van der Waals surface area (Å²) in [5.74, 6) is 2.29. The fraction of sp³-hybridized carbons (Fsp3) is 0.350. The van der Waals surface area contributed by atoms with E-state index >= 15 is 0 Å². The van der Waals surface area contributed by atoms with Crippen molar-refractivity contribution in [2.75, 3.05) is 27.8 Å². The van der Waals surface area contributed by atoms with Crippen molar-refractivity contribution in [1.29, 1.82) is 0 Å². The van der Waals surface area contributed by atoms with E-state index in [-0.39, 0.29) is 24.0 Å². The lowest BCUT2D eigenvalue weighted by Gasteiger charge is -2.13. The standard InChI is InChI=1S/C20H27N3O2.HI/c1-15-5-7-17(8-6-15)14-23-20(21-2)22-12-11-16-9-10-18(24-3)19(13-16)25-4;/h5-10,13H,11-12,14H2,1-4H3,(H2,21,22,23);1H. The lowest BCUT2D eigenvalue weighted by atomic mass is 10.1. The molecule has 5 nitrogen and oxygen atoms in total. The minimum absolute atomic E-state index is 0. The fourth-order valence-corrected chi connectivity index (χ4v) is 2.47. The average Bonchev–Trinajstić information content (AvgIpc) is 2.65. The van der Waals surface area contributed by atoms with E-state index in [9.17, 15) is 0 Å². The van der Waals surface area contributed by atoms with Gasteiger partial charge in [-0.05, 0) is 36.6 Å². The molecule has 0 aliphatic heterocycles. The van der Waals surface area contributed by atoms with Crippen LogP contribution in [0.4, 0.5) is 0 Å². The summed E-state index contributed by atoms with van der Waals surface area (Å²) in [6.07, 6.45) is 0.867. The van der Waals surface area contributed by atoms with E-state index in [1.807, 2.05) is 18.2 Å². The molecule has 0 atom stereocenters. The number of guanidine groups is 1. The van der Waals surface area contributed by atoms with Gasteiger partial charge in [-0.15, -0.1) is 24.0 Å². The molecular formula is C20H28IN3O2. The number of hydrogen-bond donors (Lipinski definition) is 2. The van der Waals surface area contributed by atoms with E-state index in [1.54, 1.807) is 21.3 Å². The third-order valence-electron chi connectivity index (χ3n) is 3.96. The molecule has 2 aromatic carbocycles. The Kier molecular flexibility index (Phi) is 9.87. The second kappa shape index (κ2) is 11.6. The maximum atomic E-state index is 5.34. The highest BCUT2D eigenvalue weighted by molar-refractivity contribution is 14.0. The first-order chi connectivity index (χ1) is 12.2. The molecule has 2 aromatic rings. The molecule has 2 rings (SSSR count). The van der Waals surface area contributed by atoms with E-state index in [4.69, 9.17) is 9.47 Å². The van der Waals surface area contributed by atoms with E-state index in [0.29, 0.717) is 0 Å². The zero-order valence-corrected chi connectivity index (χ0v) is 18.2. The molecule has 142 valence electrons. The Morgan fingerprint density at radius 3 is 2.19 bits per heavy atom. The van der Waals surface area contributed by atoms with Gasteiger partial charge in [0.2, 0.25) is 0 Å². The summed E-state index contributed by atoms with van der Waals surface area (Å²) in [6, 6.07) is 14.5. The van der Waals surface area contributed by atoms with Gasteiger partial charge in [0.05, 0.1) is 14.2 Å². The molecule has 0 amide bonds. The van der Waals surface area contributed by atoms with Crippen LogP contribution in [0.25, 0.3) is 0 Å². The third-order valence-corrected chi connectivity index (χ3v) is 3.96. The maximum Gasteiger partial charge on any atom is 0.191 e. The first-order valence-corrected chi connectivity index (χ1v) is 8.37. The summed E-state index contributed by atoms with van der Waals surface area (Å²) in [6.45, 7) is 3.62. The normalized spacial score (nSPS) is 10.7. The molecule has 0 bridgehead atoms. The highest BCUT2D eigenvalue weighted by Crippen LogP contribution is 2.27. The van der Waals surface area contributed by atoms with Crippen LogP contribution in [0.2, 0.25) is 0 Å². The number of ether oxygens (including phenoxy) is 2. The van der Waals surface area contributed by atoms with Crippen LogP contribution in [0.1, 0.15) is 16.7 Å². The number of nitrogens with one attached hydrogen (secondary N) is 2. The Bertz CT molecular complexity index is 703. The molecule has 6 heteroatoms. The maximum absolute atomic E-state index is 5.34. The molecule has 0 unspecified atom stereocenters. The predicted octanol–water partition coefficient (Wildman–Crippen LogP) is 3.54.